The van der Waals surface area contributed by atoms with Crippen LogP contribution in [0.15, 0.2) is 30.3 Å². The summed E-state index contributed by atoms with van der Waals surface area (Å²) in [6, 6.07) is 10.4. The Labute approximate surface area is 144 Å². The van der Waals surface area contributed by atoms with Gasteiger partial charge in [-0.1, -0.05) is 37.3 Å². The third kappa shape index (κ3) is 3.93. The van der Waals surface area contributed by atoms with Crippen LogP contribution in [0.5, 0.6) is 0 Å². The van der Waals surface area contributed by atoms with Gasteiger partial charge in [0.25, 0.3) is 0 Å². The molecule has 0 radical (unpaired) electrons. The molecule has 3 rings (SSSR count). The van der Waals surface area contributed by atoms with Crippen LogP contribution in [0.4, 0.5) is 5.82 Å². The number of hydrogen-bond acceptors (Lipinski definition) is 4. The first-order valence-corrected chi connectivity index (χ1v) is 9.00. The maximum atomic E-state index is 10.3. The summed E-state index contributed by atoms with van der Waals surface area (Å²) in [5, 5.41) is 10.3. The van der Waals surface area contributed by atoms with Gasteiger partial charge in [0.05, 0.1) is 6.10 Å². The molecule has 1 atom stereocenters. The molecule has 4 heteroatoms. The molecule has 1 unspecified atom stereocenters. The fourth-order valence-corrected chi connectivity index (χ4v) is 3.37. The van der Waals surface area contributed by atoms with E-state index in [4.69, 9.17) is 4.98 Å². The molecule has 4 nitrogen and oxygen atoms in total. The molecule has 24 heavy (non-hydrogen) atoms. The molecule has 0 fully saturated rings. The van der Waals surface area contributed by atoms with Crippen LogP contribution < -0.4 is 4.90 Å². The van der Waals surface area contributed by atoms with Crippen molar-refractivity contribution in [1.82, 2.24) is 9.97 Å². The fourth-order valence-electron chi connectivity index (χ4n) is 3.37. The van der Waals surface area contributed by atoms with Crippen molar-refractivity contribution in [2.75, 3.05) is 11.4 Å². The average molecular weight is 325 g/mol. The Morgan fingerprint density at radius 3 is 2.62 bits per heavy atom. The molecule has 0 bridgehead atoms. The van der Waals surface area contributed by atoms with Gasteiger partial charge in [0.2, 0.25) is 0 Å². The maximum absolute atomic E-state index is 10.3. The lowest BCUT2D eigenvalue weighted by molar-refractivity contribution is 0.175. The first-order chi connectivity index (χ1) is 11.7. The molecule has 1 heterocycles. The highest BCUT2D eigenvalue weighted by atomic mass is 16.3. The van der Waals surface area contributed by atoms with E-state index in [9.17, 15) is 5.11 Å². The second kappa shape index (κ2) is 7.75. The van der Waals surface area contributed by atoms with E-state index >= 15 is 0 Å². The predicted molar refractivity (Wildman–Crippen MR) is 97.2 cm³/mol. The van der Waals surface area contributed by atoms with E-state index in [1.54, 1.807) is 0 Å². The van der Waals surface area contributed by atoms with Crippen molar-refractivity contribution in [3.05, 3.63) is 53.0 Å². The quantitative estimate of drug-likeness (QED) is 0.884. The van der Waals surface area contributed by atoms with Gasteiger partial charge in [-0.05, 0) is 44.6 Å². The molecule has 128 valence electrons. The van der Waals surface area contributed by atoms with E-state index in [0.717, 1.165) is 37.4 Å². The average Bonchev–Trinajstić information content (AvgIpc) is 2.61. The summed E-state index contributed by atoms with van der Waals surface area (Å²) < 4.78 is 0. The van der Waals surface area contributed by atoms with Crippen molar-refractivity contribution >= 4 is 5.82 Å². The molecule has 1 aromatic carbocycles. The van der Waals surface area contributed by atoms with Gasteiger partial charge in [-0.3, -0.25) is 0 Å². The van der Waals surface area contributed by atoms with Crippen LogP contribution in [0.3, 0.4) is 0 Å². The lowest BCUT2D eigenvalue weighted by Crippen LogP contribution is -2.34. The molecule has 0 saturated heterocycles. The van der Waals surface area contributed by atoms with E-state index in [0.29, 0.717) is 6.54 Å². The van der Waals surface area contributed by atoms with Gasteiger partial charge in [0.1, 0.15) is 11.6 Å². The first-order valence-electron chi connectivity index (χ1n) is 9.00. The minimum Gasteiger partial charge on any atom is -0.391 e. The van der Waals surface area contributed by atoms with Crippen molar-refractivity contribution in [2.45, 2.75) is 58.6 Å². The van der Waals surface area contributed by atoms with Crippen LogP contribution in [-0.4, -0.2) is 27.7 Å². The minimum absolute atomic E-state index is 0.344. The van der Waals surface area contributed by atoms with Crippen molar-refractivity contribution in [3.63, 3.8) is 0 Å². The highest BCUT2D eigenvalue weighted by Crippen LogP contribution is 2.29. The van der Waals surface area contributed by atoms with Gasteiger partial charge >= 0.3 is 0 Å². The smallest absolute Gasteiger partial charge is 0.136 e. The second-order valence-corrected chi connectivity index (χ2v) is 6.65. The van der Waals surface area contributed by atoms with E-state index < -0.39 is 0 Å². The van der Waals surface area contributed by atoms with Crippen molar-refractivity contribution in [2.24, 2.45) is 0 Å². The van der Waals surface area contributed by atoms with Crippen LogP contribution in [0, 0.1) is 6.92 Å². The number of nitrogens with zero attached hydrogens (tertiary/aromatic N) is 3. The first kappa shape index (κ1) is 16.9. The molecule has 1 aromatic heterocycles. The highest BCUT2D eigenvalue weighted by Gasteiger charge is 2.22. The molecule has 2 aromatic rings. The van der Waals surface area contributed by atoms with Crippen LogP contribution in [0.1, 0.15) is 48.8 Å². The van der Waals surface area contributed by atoms with Gasteiger partial charge in [0, 0.05) is 24.3 Å². The third-order valence-electron chi connectivity index (χ3n) is 4.69. The number of anilines is 1. The van der Waals surface area contributed by atoms with Crippen molar-refractivity contribution in [1.29, 1.82) is 0 Å². The Morgan fingerprint density at radius 2 is 1.88 bits per heavy atom. The van der Waals surface area contributed by atoms with Crippen LogP contribution in [-0.2, 0) is 19.4 Å². The Bertz CT molecular complexity index is 672. The number of fused-ring (bicyclic) bond motifs is 1. The van der Waals surface area contributed by atoms with Crippen LogP contribution in [0.25, 0.3) is 0 Å². The molecule has 1 aliphatic carbocycles. The topological polar surface area (TPSA) is 49.2 Å². The Morgan fingerprint density at radius 1 is 1.12 bits per heavy atom. The van der Waals surface area contributed by atoms with Gasteiger partial charge in [-0.25, -0.2) is 9.97 Å². The van der Waals surface area contributed by atoms with Crippen molar-refractivity contribution in [3.8, 4) is 0 Å². The molecule has 1 aliphatic rings. The lowest BCUT2D eigenvalue weighted by atomic mass is 9.95. The van der Waals surface area contributed by atoms with Crippen molar-refractivity contribution < 1.29 is 5.11 Å². The normalized spacial score (nSPS) is 15.0. The van der Waals surface area contributed by atoms with Gasteiger partial charge in [0.15, 0.2) is 0 Å². The number of aromatic nitrogens is 2. The molecule has 0 saturated carbocycles. The van der Waals surface area contributed by atoms with E-state index in [1.807, 2.05) is 19.9 Å². The van der Waals surface area contributed by atoms with E-state index in [1.165, 1.54) is 29.7 Å². The van der Waals surface area contributed by atoms with Gasteiger partial charge in [-0.15, -0.1) is 0 Å². The summed E-state index contributed by atoms with van der Waals surface area (Å²) in [4.78, 5) is 11.7. The zero-order valence-corrected chi connectivity index (χ0v) is 14.7. The summed E-state index contributed by atoms with van der Waals surface area (Å²) >= 11 is 0. The lowest BCUT2D eigenvalue weighted by Gasteiger charge is -2.30. The Balaban J connectivity index is 1.97. The molecule has 0 spiro atoms. The third-order valence-corrected chi connectivity index (χ3v) is 4.69. The SMILES string of the molecule is CCC(O)CN(Cc1ccccc1)c1nc(C)nc2c1CCCC2. The maximum Gasteiger partial charge on any atom is 0.136 e. The number of aliphatic hydroxyl groups is 1. The molecular formula is C20H27N3O. The summed E-state index contributed by atoms with van der Waals surface area (Å²) in [5.74, 6) is 1.85. The Hall–Kier alpha value is -1.94. The minimum atomic E-state index is -0.344. The monoisotopic (exact) mass is 325 g/mol. The second-order valence-electron chi connectivity index (χ2n) is 6.65. The molecular weight excluding hydrogens is 298 g/mol. The fraction of sp³-hybridized carbons (Fsp3) is 0.500. The van der Waals surface area contributed by atoms with Gasteiger partial charge < -0.3 is 10.0 Å². The van der Waals surface area contributed by atoms with E-state index in [2.05, 4.69) is 34.1 Å². The van der Waals surface area contributed by atoms with E-state index in [-0.39, 0.29) is 6.10 Å². The number of benzene rings is 1. The Kier molecular flexibility index (Phi) is 5.46. The standard InChI is InChI=1S/C20H27N3O/c1-3-17(24)14-23(13-16-9-5-4-6-10-16)20-18-11-7-8-12-19(18)21-15(2)22-20/h4-6,9-10,17,24H,3,7-8,11-14H2,1-2H3. The van der Waals surface area contributed by atoms with Gasteiger partial charge in [-0.2, -0.15) is 0 Å². The number of aliphatic hydroxyl groups excluding tert-OH is 1. The zero-order valence-electron chi connectivity index (χ0n) is 14.7. The predicted octanol–water partition coefficient (Wildman–Crippen LogP) is 3.44. The summed E-state index contributed by atoms with van der Waals surface area (Å²) in [5.41, 5.74) is 3.72. The van der Waals surface area contributed by atoms with Crippen LogP contribution >= 0.6 is 0 Å². The summed E-state index contributed by atoms with van der Waals surface area (Å²) in [7, 11) is 0. The van der Waals surface area contributed by atoms with Crippen LogP contribution in [0.2, 0.25) is 0 Å². The highest BCUT2D eigenvalue weighted by molar-refractivity contribution is 5.51. The largest absolute Gasteiger partial charge is 0.391 e. The number of aryl methyl sites for hydroxylation is 2. The molecule has 0 amide bonds. The summed E-state index contributed by atoms with van der Waals surface area (Å²) in [6.45, 7) is 5.36. The molecule has 0 aliphatic heterocycles. The number of rotatable bonds is 6. The zero-order chi connectivity index (χ0) is 16.9. The summed E-state index contributed by atoms with van der Waals surface area (Å²) in [6.07, 6.45) is 4.89. The molecule has 1 N–H and O–H groups in total. The number of hydrogen-bond donors (Lipinski definition) is 1.